The molecule has 0 saturated carbocycles. The quantitative estimate of drug-likeness (QED) is 0.895. The van der Waals surface area contributed by atoms with Gasteiger partial charge in [-0.05, 0) is 24.3 Å². The molecule has 0 aliphatic carbocycles. The third-order valence-corrected chi connectivity index (χ3v) is 3.99. The predicted octanol–water partition coefficient (Wildman–Crippen LogP) is 1.84. The molecule has 104 valence electrons. The number of hydrogen-bond acceptors (Lipinski definition) is 4. The molecule has 1 aromatic rings. The Bertz CT molecular complexity index is 424. The first kappa shape index (κ1) is 14.0. The van der Waals surface area contributed by atoms with Crippen molar-refractivity contribution in [3.05, 3.63) is 22.4 Å². The number of carbonyl (C=O) groups excluding carboxylic acids is 1. The molecule has 2 heterocycles. The minimum atomic E-state index is -0.842. The Balaban J connectivity index is 1.73. The summed E-state index contributed by atoms with van der Waals surface area (Å²) in [5, 5.41) is 10.4. The second-order valence-electron chi connectivity index (χ2n) is 4.48. The molecule has 1 N–H and O–H groups in total. The number of amides is 1. The highest BCUT2D eigenvalue weighted by molar-refractivity contribution is 7.12. The van der Waals surface area contributed by atoms with Gasteiger partial charge in [0.2, 0.25) is 0 Å². The van der Waals surface area contributed by atoms with E-state index < -0.39 is 5.97 Å². The van der Waals surface area contributed by atoms with Crippen LogP contribution in [0, 0.1) is 0 Å². The van der Waals surface area contributed by atoms with Gasteiger partial charge in [-0.1, -0.05) is 6.07 Å². The lowest BCUT2D eigenvalue weighted by Crippen LogP contribution is -2.40. The number of likely N-dealkylation sites (tertiary alicyclic amines) is 1. The molecule has 0 radical (unpaired) electrons. The van der Waals surface area contributed by atoms with Gasteiger partial charge in [-0.3, -0.25) is 9.59 Å². The lowest BCUT2D eigenvalue weighted by molar-refractivity contribution is -0.138. The number of piperidine rings is 1. The van der Waals surface area contributed by atoms with E-state index in [-0.39, 0.29) is 25.0 Å². The summed E-state index contributed by atoms with van der Waals surface area (Å²) in [6, 6.07) is 3.71. The summed E-state index contributed by atoms with van der Waals surface area (Å²) in [6.07, 6.45) is 1.66. The molecule has 0 spiro atoms. The van der Waals surface area contributed by atoms with Crippen LogP contribution in [0.5, 0.6) is 0 Å². The summed E-state index contributed by atoms with van der Waals surface area (Å²) >= 11 is 1.45. The van der Waals surface area contributed by atoms with E-state index in [1.54, 1.807) is 0 Å². The molecule has 2 rings (SSSR count). The van der Waals surface area contributed by atoms with Crippen LogP contribution in [-0.4, -0.2) is 47.7 Å². The molecular weight excluding hydrogens is 266 g/mol. The maximum atomic E-state index is 12.1. The Morgan fingerprint density at radius 2 is 2.16 bits per heavy atom. The van der Waals surface area contributed by atoms with Crippen molar-refractivity contribution in [1.29, 1.82) is 0 Å². The molecule has 0 unspecified atom stereocenters. The van der Waals surface area contributed by atoms with Crippen molar-refractivity contribution < 1.29 is 19.4 Å². The van der Waals surface area contributed by atoms with E-state index in [2.05, 4.69) is 0 Å². The van der Waals surface area contributed by atoms with Crippen LogP contribution < -0.4 is 0 Å². The van der Waals surface area contributed by atoms with Gasteiger partial charge >= 0.3 is 5.97 Å². The zero-order chi connectivity index (χ0) is 13.7. The van der Waals surface area contributed by atoms with Crippen molar-refractivity contribution in [2.24, 2.45) is 0 Å². The first-order chi connectivity index (χ1) is 9.16. The van der Waals surface area contributed by atoms with Crippen LogP contribution >= 0.6 is 11.3 Å². The maximum Gasteiger partial charge on any atom is 0.305 e. The summed E-state index contributed by atoms with van der Waals surface area (Å²) in [7, 11) is 0. The molecule has 1 aliphatic rings. The molecular formula is C13H17NO4S. The predicted molar refractivity (Wildman–Crippen MR) is 71.4 cm³/mol. The zero-order valence-corrected chi connectivity index (χ0v) is 11.4. The van der Waals surface area contributed by atoms with E-state index in [0.29, 0.717) is 13.1 Å². The number of carboxylic acids is 1. The molecule has 1 aliphatic heterocycles. The van der Waals surface area contributed by atoms with Gasteiger partial charge in [0.05, 0.1) is 24.0 Å². The number of aliphatic carboxylic acids is 1. The van der Waals surface area contributed by atoms with Gasteiger partial charge in [-0.2, -0.15) is 0 Å². The van der Waals surface area contributed by atoms with Crippen LogP contribution in [0.25, 0.3) is 0 Å². The highest BCUT2D eigenvalue weighted by Gasteiger charge is 2.24. The van der Waals surface area contributed by atoms with E-state index in [0.717, 1.165) is 17.7 Å². The molecule has 0 atom stereocenters. The van der Waals surface area contributed by atoms with Gasteiger partial charge in [0, 0.05) is 13.1 Å². The molecule has 6 heteroatoms. The van der Waals surface area contributed by atoms with E-state index in [1.807, 2.05) is 22.4 Å². The maximum absolute atomic E-state index is 12.1. The molecule has 1 fully saturated rings. The van der Waals surface area contributed by atoms with E-state index in [9.17, 15) is 9.59 Å². The first-order valence-electron chi connectivity index (χ1n) is 6.33. The van der Waals surface area contributed by atoms with E-state index in [1.165, 1.54) is 11.3 Å². The Morgan fingerprint density at radius 1 is 1.42 bits per heavy atom. The highest BCUT2D eigenvalue weighted by atomic mass is 32.1. The molecule has 1 saturated heterocycles. The summed E-state index contributed by atoms with van der Waals surface area (Å²) in [5.41, 5.74) is 0. The van der Waals surface area contributed by atoms with Crippen LogP contribution in [0.3, 0.4) is 0 Å². The van der Waals surface area contributed by atoms with Gasteiger partial charge < -0.3 is 14.7 Å². The van der Waals surface area contributed by atoms with Crippen LogP contribution in [0.1, 0.15) is 28.9 Å². The van der Waals surface area contributed by atoms with Gasteiger partial charge in [0.1, 0.15) is 0 Å². The normalized spacial score (nSPS) is 16.5. The average molecular weight is 283 g/mol. The minimum absolute atomic E-state index is 0.0361. The van der Waals surface area contributed by atoms with Crippen molar-refractivity contribution >= 4 is 23.2 Å². The number of rotatable bonds is 5. The van der Waals surface area contributed by atoms with Crippen LogP contribution in [-0.2, 0) is 9.53 Å². The Kier molecular flexibility index (Phi) is 4.93. The third kappa shape index (κ3) is 4.04. The van der Waals surface area contributed by atoms with Crippen LogP contribution in [0.15, 0.2) is 17.5 Å². The second kappa shape index (κ2) is 6.68. The lowest BCUT2D eigenvalue weighted by atomic mass is 10.1. The average Bonchev–Trinajstić information content (AvgIpc) is 2.92. The summed E-state index contributed by atoms with van der Waals surface area (Å²) in [6.45, 7) is 1.60. The minimum Gasteiger partial charge on any atom is -0.481 e. The first-order valence-corrected chi connectivity index (χ1v) is 7.21. The lowest BCUT2D eigenvalue weighted by Gasteiger charge is -2.31. The van der Waals surface area contributed by atoms with Crippen molar-refractivity contribution in [2.45, 2.75) is 25.4 Å². The van der Waals surface area contributed by atoms with Gasteiger partial charge in [-0.15, -0.1) is 11.3 Å². The van der Waals surface area contributed by atoms with Crippen LogP contribution in [0.2, 0.25) is 0 Å². The number of carboxylic acid groups (broad SMARTS) is 1. The molecule has 1 amide bonds. The monoisotopic (exact) mass is 283 g/mol. The van der Waals surface area contributed by atoms with Crippen molar-refractivity contribution in [3.63, 3.8) is 0 Å². The highest BCUT2D eigenvalue weighted by Crippen LogP contribution is 2.18. The summed E-state index contributed by atoms with van der Waals surface area (Å²) in [4.78, 5) is 25.1. The Hall–Kier alpha value is -1.40. The van der Waals surface area contributed by atoms with Gasteiger partial charge in [0.25, 0.3) is 5.91 Å². The fourth-order valence-corrected chi connectivity index (χ4v) is 2.79. The zero-order valence-electron chi connectivity index (χ0n) is 10.6. The van der Waals surface area contributed by atoms with Gasteiger partial charge in [-0.25, -0.2) is 0 Å². The SMILES string of the molecule is O=C(O)CCOC1CCN(C(=O)c2cccs2)CC1. The van der Waals surface area contributed by atoms with Crippen LogP contribution in [0.4, 0.5) is 0 Å². The fraction of sp³-hybridized carbons (Fsp3) is 0.538. The third-order valence-electron chi connectivity index (χ3n) is 3.13. The molecule has 0 aromatic carbocycles. The Labute approximate surface area is 115 Å². The number of thiophene rings is 1. The molecule has 1 aromatic heterocycles. The topological polar surface area (TPSA) is 66.8 Å². The fourth-order valence-electron chi connectivity index (χ4n) is 2.09. The number of carbonyl (C=O) groups is 2. The smallest absolute Gasteiger partial charge is 0.305 e. The van der Waals surface area contributed by atoms with Crippen molar-refractivity contribution in [2.75, 3.05) is 19.7 Å². The van der Waals surface area contributed by atoms with Crippen molar-refractivity contribution in [1.82, 2.24) is 4.90 Å². The standard InChI is InChI=1S/C13H17NO4S/c15-12(16)5-8-18-10-3-6-14(7-4-10)13(17)11-2-1-9-19-11/h1-2,9-10H,3-8H2,(H,15,16). The number of ether oxygens (including phenoxy) is 1. The summed E-state index contributed by atoms with van der Waals surface area (Å²) < 4.78 is 5.50. The number of nitrogens with zero attached hydrogens (tertiary/aromatic N) is 1. The second-order valence-corrected chi connectivity index (χ2v) is 5.43. The molecule has 19 heavy (non-hydrogen) atoms. The van der Waals surface area contributed by atoms with E-state index in [4.69, 9.17) is 9.84 Å². The molecule has 5 nitrogen and oxygen atoms in total. The number of hydrogen-bond donors (Lipinski definition) is 1. The largest absolute Gasteiger partial charge is 0.481 e. The van der Waals surface area contributed by atoms with Gasteiger partial charge in [0.15, 0.2) is 0 Å². The summed E-state index contributed by atoms with van der Waals surface area (Å²) in [5.74, 6) is -0.760. The van der Waals surface area contributed by atoms with Crippen molar-refractivity contribution in [3.8, 4) is 0 Å². The van der Waals surface area contributed by atoms with E-state index >= 15 is 0 Å². The Morgan fingerprint density at radius 3 is 2.74 bits per heavy atom. The molecule has 0 bridgehead atoms.